The highest BCUT2D eigenvalue weighted by molar-refractivity contribution is 8.00. The molecule has 4 heteroatoms. The third-order valence-corrected chi connectivity index (χ3v) is 3.50. The van der Waals surface area contributed by atoms with Gasteiger partial charge < -0.3 is 4.74 Å². The molecule has 0 aromatic rings. The smallest absolute Gasteiger partial charge is 0.318 e. The van der Waals surface area contributed by atoms with Crippen molar-refractivity contribution in [1.82, 2.24) is 0 Å². The molecule has 0 fully saturated rings. The van der Waals surface area contributed by atoms with Gasteiger partial charge in [0.2, 0.25) is 0 Å². The van der Waals surface area contributed by atoms with Gasteiger partial charge in [0.15, 0.2) is 0 Å². The lowest BCUT2D eigenvalue weighted by Gasteiger charge is -2.12. The van der Waals surface area contributed by atoms with E-state index in [2.05, 4.69) is 0 Å². The number of unbranched alkanes of at least 4 members (excludes halogenated alkanes) is 3. The Morgan fingerprint density at radius 1 is 1.18 bits per heavy atom. The number of halogens is 1. The molecule has 0 N–H and O–H groups in total. The molecule has 0 aromatic carbocycles. The van der Waals surface area contributed by atoms with Crippen molar-refractivity contribution in [2.45, 2.75) is 51.7 Å². The zero-order valence-corrected chi connectivity index (χ0v) is 12.0. The molecule has 17 heavy (non-hydrogen) atoms. The first kappa shape index (κ1) is 16.8. The van der Waals surface area contributed by atoms with Crippen molar-refractivity contribution in [2.75, 3.05) is 19.0 Å². The van der Waals surface area contributed by atoms with Gasteiger partial charge in [0.1, 0.15) is 0 Å². The highest BCUT2D eigenvalue weighted by Crippen LogP contribution is 2.15. The molecule has 0 amide bonds. The standard InChI is InChI=1S/C13H25FO2S/c1-11(2)10-16-13(15)12(3)17-9-7-5-4-6-8-14/h11-12H,4-10H2,1-3H3. The van der Waals surface area contributed by atoms with Gasteiger partial charge in [0.25, 0.3) is 0 Å². The molecule has 0 heterocycles. The van der Waals surface area contributed by atoms with E-state index in [0.717, 1.165) is 25.0 Å². The van der Waals surface area contributed by atoms with Crippen LogP contribution in [0.5, 0.6) is 0 Å². The fourth-order valence-electron chi connectivity index (χ4n) is 1.24. The van der Waals surface area contributed by atoms with Gasteiger partial charge in [0, 0.05) is 0 Å². The first-order chi connectivity index (χ1) is 8.07. The van der Waals surface area contributed by atoms with Crippen LogP contribution in [-0.4, -0.2) is 30.3 Å². The molecule has 0 radical (unpaired) electrons. The summed E-state index contributed by atoms with van der Waals surface area (Å²) in [6, 6.07) is 0. The van der Waals surface area contributed by atoms with Crippen LogP contribution in [-0.2, 0) is 9.53 Å². The Bertz CT molecular complexity index is 198. The third kappa shape index (κ3) is 10.6. The molecule has 0 aliphatic carbocycles. The van der Waals surface area contributed by atoms with Crippen LogP contribution in [0.2, 0.25) is 0 Å². The quantitative estimate of drug-likeness (QED) is 0.443. The van der Waals surface area contributed by atoms with Crippen LogP contribution in [0, 0.1) is 5.92 Å². The van der Waals surface area contributed by atoms with Gasteiger partial charge in [-0.2, -0.15) is 0 Å². The van der Waals surface area contributed by atoms with E-state index in [4.69, 9.17) is 4.74 Å². The molecular formula is C13H25FO2S. The van der Waals surface area contributed by atoms with Crippen molar-refractivity contribution < 1.29 is 13.9 Å². The Kier molecular flexibility index (Phi) is 10.7. The van der Waals surface area contributed by atoms with Gasteiger partial charge in [-0.05, 0) is 31.4 Å². The van der Waals surface area contributed by atoms with Crippen LogP contribution < -0.4 is 0 Å². The molecule has 0 aliphatic rings. The van der Waals surface area contributed by atoms with E-state index in [-0.39, 0.29) is 17.9 Å². The number of ether oxygens (including phenoxy) is 1. The Labute approximate surface area is 109 Å². The van der Waals surface area contributed by atoms with Crippen molar-refractivity contribution in [1.29, 1.82) is 0 Å². The SMILES string of the molecule is CC(C)COC(=O)C(C)SCCCCCCF. The number of hydrogen-bond acceptors (Lipinski definition) is 3. The van der Waals surface area contributed by atoms with Crippen LogP contribution >= 0.6 is 11.8 Å². The Balaban J connectivity index is 3.44. The minimum atomic E-state index is -0.217. The van der Waals surface area contributed by atoms with E-state index in [1.807, 2.05) is 20.8 Å². The maximum Gasteiger partial charge on any atom is 0.318 e. The van der Waals surface area contributed by atoms with Crippen molar-refractivity contribution >= 4 is 17.7 Å². The summed E-state index contributed by atoms with van der Waals surface area (Å²) in [7, 11) is 0. The maximum atomic E-state index is 11.8. The summed E-state index contributed by atoms with van der Waals surface area (Å²) in [4.78, 5) is 11.5. The number of carbonyl (C=O) groups is 1. The number of thioether (sulfide) groups is 1. The molecule has 2 nitrogen and oxygen atoms in total. The lowest BCUT2D eigenvalue weighted by Crippen LogP contribution is -2.19. The fourth-order valence-corrected chi connectivity index (χ4v) is 2.17. The number of hydrogen-bond donors (Lipinski definition) is 0. The van der Waals surface area contributed by atoms with Crippen LogP contribution in [0.1, 0.15) is 46.5 Å². The molecule has 0 bridgehead atoms. The lowest BCUT2D eigenvalue weighted by atomic mass is 10.2. The Hall–Kier alpha value is -0.250. The predicted molar refractivity (Wildman–Crippen MR) is 72.2 cm³/mol. The summed E-state index contributed by atoms with van der Waals surface area (Å²) in [5.41, 5.74) is 0. The molecule has 0 rings (SSSR count). The van der Waals surface area contributed by atoms with Gasteiger partial charge in [-0.25, -0.2) is 0 Å². The van der Waals surface area contributed by atoms with Crippen molar-refractivity contribution in [3.63, 3.8) is 0 Å². The minimum Gasteiger partial charge on any atom is -0.465 e. The van der Waals surface area contributed by atoms with Gasteiger partial charge in [0.05, 0.1) is 18.5 Å². The Morgan fingerprint density at radius 3 is 2.41 bits per heavy atom. The largest absolute Gasteiger partial charge is 0.465 e. The number of carbonyl (C=O) groups excluding carboxylic acids is 1. The Morgan fingerprint density at radius 2 is 1.82 bits per heavy atom. The number of esters is 1. The van der Waals surface area contributed by atoms with E-state index >= 15 is 0 Å². The summed E-state index contributed by atoms with van der Waals surface area (Å²) in [5.74, 6) is 1.22. The summed E-state index contributed by atoms with van der Waals surface area (Å²) >= 11 is 1.63. The number of alkyl halides is 1. The fraction of sp³-hybridized carbons (Fsp3) is 0.923. The molecule has 0 aliphatic heterocycles. The zero-order valence-electron chi connectivity index (χ0n) is 11.2. The van der Waals surface area contributed by atoms with Crippen molar-refractivity contribution in [3.05, 3.63) is 0 Å². The van der Waals surface area contributed by atoms with E-state index in [1.165, 1.54) is 0 Å². The van der Waals surface area contributed by atoms with Crippen LogP contribution in [0.25, 0.3) is 0 Å². The molecule has 0 spiro atoms. The molecule has 1 unspecified atom stereocenters. The van der Waals surface area contributed by atoms with E-state index in [9.17, 15) is 9.18 Å². The summed E-state index contributed by atoms with van der Waals surface area (Å²) < 4.78 is 17.0. The van der Waals surface area contributed by atoms with E-state index in [0.29, 0.717) is 18.9 Å². The summed E-state index contributed by atoms with van der Waals surface area (Å²) in [6.07, 6.45) is 3.71. The van der Waals surface area contributed by atoms with E-state index < -0.39 is 0 Å². The van der Waals surface area contributed by atoms with Crippen LogP contribution in [0.4, 0.5) is 4.39 Å². The molecule has 0 saturated carbocycles. The van der Waals surface area contributed by atoms with Crippen LogP contribution in [0.15, 0.2) is 0 Å². The van der Waals surface area contributed by atoms with Gasteiger partial charge in [-0.1, -0.05) is 26.7 Å². The van der Waals surface area contributed by atoms with E-state index in [1.54, 1.807) is 11.8 Å². The van der Waals surface area contributed by atoms with Crippen molar-refractivity contribution in [3.8, 4) is 0 Å². The topological polar surface area (TPSA) is 26.3 Å². The molecule has 0 aromatic heterocycles. The maximum absolute atomic E-state index is 11.8. The zero-order chi connectivity index (χ0) is 13.1. The van der Waals surface area contributed by atoms with Gasteiger partial charge in [-0.15, -0.1) is 11.8 Å². The average Bonchev–Trinajstić information content (AvgIpc) is 2.30. The summed E-state index contributed by atoms with van der Waals surface area (Å²) in [6.45, 7) is 6.21. The molecule has 1 atom stereocenters. The highest BCUT2D eigenvalue weighted by atomic mass is 32.2. The molecule has 0 saturated heterocycles. The first-order valence-electron chi connectivity index (χ1n) is 6.42. The minimum absolute atomic E-state index is 0.0880. The molecule has 102 valence electrons. The lowest BCUT2D eigenvalue weighted by molar-refractivity contribution is -0.143. The normalized spacial score (nSPS) is 12.8. The highest BCUT2D eigenvalue weighted by Gasteiger charge is 2.14. The molecular weight excluding hydrogens is 239 g/mol. The van der Waals surface area contributed by atoms with Gasteiger partial charge in [-0.3, -0.25) is 9.18 Å². The monoisotopic (exact) mass is 264 g/mol. The number of rotatable bonds is 10. The summed E-state index contributed by atoms with van der Waals surface area (Å²) in [5, 5.41) is -0.0880. The third-order valence-electron chi connectivity index (χ3n) is 2.29. The predicted octanol–water partition coefficient (Wildman–Crippen LogP) is 3.84. The second-order valence-corrected chi connectivity index (χ2v) is 6.09. The first-order valence-corrected chi connectivity index (χ1v) is 7.47. The second kappa shape index (κ2) is 10.9. The van der Waals surface area contributed by atoms with Crippen LogP contribution in [0.3, 0.4) is 0 Å². The average molecular weight is 264 g/mol. The second-order valence-electron chi connectivity index (χ2n) is 4.64. The van der Waals surface area contributed by atoms with Crippen molar-refractivity contribution in [2.24, 2.45) is 5.92 Å². The van der Waals surface area contributed by atoms with Gasteiger partial charge >= 0.3 is 5.97 Å².